The van der Waals surface area contributed by atoms with Gasteiger partial charge in [-0.1, -0.05) is 46.9 Å². The Morgan fingerprint density at radius 2 is 1.53 bits per heavy atom. The summed E-state index contributed by atoms with van der Waals surface area (Å²) in [5.41, 5.74) is 1.69. The molecule has 2 aromatic heterocycles. The van der Waals surface area contributed by atoms with Crippen molar-refractivity contribution >= 4 is 81.8 Å². The fourth-order valence-corrected chi connectivity index (χ4v) is 5.99. The first-order valence-corrected chi connectivity index (χ1v) is 18.6. The molecule has 0 spiro atoms. The van der Waals surface area contributed by atoms with Gasteiger partial charge < -0.3 is 36.1 Å². The number of nitrogens with one attached hydrogen (secondary N) is 5. The summed E-state index contributed by atoms with van der Waals surface area (Å²) >= 11 is 18.0. The van der Waals surface area contributed by atoms with Crippen molar-refractivity contribution in [3.63, 3.8) is 0 Å². The Hall–Kier alpha value is -6.18. The molecule has 3 amide bonds. The zero-order valence-corrected chi connectivity index (χ0v) is 32.8. The van der Waals surface area contributed by atoms with E-state index in [1.807, 2.05) is 12.1 Å². The molecular formula is C37H32Cl3F3N10O6. The summed E-state index contributed by atoms with van der Waals surface area (Å²) in [6.07, 6.45) is -1.95. The smallest absolute Gasteiger partial charge is 0.422 e. The summed E-state index contributed by atoms with van der Waals surface area (Å²) in [4.78, 5) is 66.9. The minimum atomic E-state index is -4.65. The van der Waals surface area contributed by atoms with Crippen molar-refractivity contribution in [1.82, 2.24) is 35.1 Å². The first-order valence-electron chi connectivity index (χ1n) is 17.4. The Morgan fingerprint density at radius 1 is 0.864 bits per heavy atom. The molecule has 308 valence electrons. The van der Waals surface area contributed by atoms with E-state index in [1.165, 1.54) is 47.3 Å². The molecule has 0 saturated heterocycles. The molecule has 16 nitrogen and oxygen atoms in total. The molecule has 1 fully saturated rings. The number of carbonyl (C=O) groups excluding carboxylic acids is 4. The number of benzene rings is 3. The number of ether oxygens (including phenoxy) is 2. The van der Waals surface area contributed by atoms with Crippen LogP contribution in [0.4, 0.5) is 36.4 Å². The minimum absolute atomic E-state index is 0.0388. The maximum absolute atomic E-state index is 13.1. The lowest BCUT2D eigenvalue weighted by molar-refractivity contribution is -0.154. The highest BCUT2D eigenvalue weighted by Crippen LogP contribution is 2.48. The van der Waals surface area contributed by atoms with Gasteiger partial charge in [0.2, 0.25) is 11.9 Å². The van der Waals surface area contributed by atoms with Gasteiger partial charge in [0, 0.05) is 34.2 Å². The molecule has 3 aromatic carbocycles. The van der Waals surface area contributed by atoms with Gasteiger partial charge in [-0.15, -0.1) is 0 Å². The molecule has 0 radical (unpaired) electrons. The van der Waals surface area contributed by atoms with Crippen LogP contribution in [-0.4, -0.2) is 80.7 Å². The van der Waals surface area contributed by atoms with Crippen LogP contribution in [0.2, 0.25) is 15.3 Å². The van der Waals surface area contributed by atoms with Gasteiger partial charge in [0.15, 0.2) is 16.9 Å². The normalized spacial score (nSPS) is 13.4. The SMILES string of the molecule is COC(=O)[C@H](CCNC(=O)C(=O)Nc1ccc(-n2cnc(Cl)c2Cl)cc1)NC(=O)c1ccc(Nc2nc(NC3(c4ccc(Cl)cc4)CC3)nc(OCC(F)(F)F)n2)cc1. The fraction of sp³-hybridized carbons (Fsp3) is 0.243. The lowest BCUT2D eigenvalue weighted by Gasteiger charge is -2.19. The maximum atomic E-state index is 13.1. The van der Waals surface area contributed by atoms with Crippen LogP contribution in [-0.2, 0) is 24.7 Å². The topological polar surface area (TPSA) is 203 Å². The second-order valence-corrected chi connectivity index (χ2v) is 14.0. The van der Waals surface area contributed by atoms with Crippen molar-refractivity contribution < 1.29 is 41.8 Å². The predicted octanol–water partition coefficient (Wildman–Crippen LogP) is 6.22. The molecule has 0 unspecified atom stereocenters. The van der Waals surface area contributed by atoms with Gasteiger partial charge in [-0.25, -0.2) is 9.78 Å². The number of methoxy groups -OCH3 is 1. The highest BCUT2D eigenvalue weighted by atomic mass is 35.5. The predicted molar refractivity (Wildman–Crippen MR) is 210 cm³/mol. The zero-order valence-electron chi connectivity index (χ0n) is 30.6. The number of amides is 3. The summed E-state index contributed by atoms with van der Waals surface area (Å²) < 4.78 is 50.1. The number of alkyl halides is 3. The second kappa shape index (κ2) is 18.2. The Morgan fingerprint density at radius 3 is 2.14 bits per heavy atom. The Kier molecular flexibility index (Phi) is 13.1. The van der Waals surface area contributed by atoms with Crippen molar-refractivity contribution in [2.45, 2.75) is 37.0 Å². The Balaban J connectivity index is 1.04. The standard InChI is InChI=1S/C37H32Cl3F3N10O6/c1-58-32(57)26(14-17-44-30(55)31(56)46-23-10-12-25(13-11-23)53-19-45-27(39)28(53)40)48-29(54)20-2-8-24(9-3-20)47-33-49-34(51-35(50-33)59-18-37(41,42)43)52-36(15-16-36)21-4-6-22(38)7-5-21/h2-13,19,26H,14-18H2,1H3,(H,44,55)(H,46,56)(H,48,54)(H2,47,49,50,51,52)/t26-/m0/s1. The van der Waals surface area contributed by atoms with Gasteiger partial charge in [0.1, 0.15) is 12.4 Å². The number of nitrogens with zero attached hydrogens (tertiary/aromatic N) is 5. The highest BCUT2D eigenvalue weighted by molar-refractivity contribution is 6.41. The maximum Gasteiger partial charge on any atom is 0.422 e. The Labute approximate surface area is 348 Å². The summed E-state index contributed by atoms with van der Waals surface area (Å²) in [6, 6.07) is 17.4. The first-order chi connectivity index (χ1) is 28.1. The van der Waals surface area contributed by atoms with E-state index in [0.717, 1.165) is 12.7 Å². The number of carbonyl (C=O) groups is 4. The van der Waals surface area contributed by atoms with Gasteiger partial charge in [0.05, 0.1) is 12.6 Å². The van der Waals surface area contributed by atoms with Gasteiger partial charge >= 0.3 is 30.0 Å². The van der Waals surface area contributed by atoms with E-state index in [-0.39, 0.29) is 40.7 Å². The molecular weight excluding hydrogens is 844 g/mol. The summed E-state index contributed by atoms with van der Waals surface area (Å²) in [5, 5.41) is 14.3. The fourth-order valence-electron chi connectivity index (χ4n) is 5.54. The number of anilines is 4. The second-order valence-electron chi connectivity index (χ2n) is 12.9. The minimum Gasteiger partial charge on any atom is -0.467 e. The number of imidazole rings is 1. The lowest BCUT2D eigenvalue weighted by atomic mass is 10.1. The molecule has 0 aliphatic heterocycles. The Bertz CT molecular complexity index is 2330. The number of halogens is 6. The van der Waals surface area contributed by atoms with E-state index < -0.39 is 54.1 Å². The third-order valence-electron chi connectivity index (χ3n) is 8.67. The van der Waals surface area contributed by atoms with Gasteiger partial charge in [-0.05, 0) is 85.5 Å². The van der Waals surface area contributed by atoms with Gasteiger partial charge in [-0.2, -0.15) is 28.1 Å². The molecule has 0 bridgehead atoms. The molecule has 2 heterocycles. The van der Waals surface area contributed by atoms with Crippen molar-refractivity contribution in [1.29, 1.82) is 0 Å². The van der Waals surface area contributed by atoms with Crippen molar-refractivity contribution in [3.8, 4) is 11.7 Å². The molecule has 22 heteroatoms. The van der Waals surface area contributed by atoms with Crippen molar-refractivity contribution in [2.24, 2.45) is 0 Å². The van der Waals surface area contributed by atoms with Crippen LogP contribution in [0.25, 0.3) is 5.69 Å². The molecule has 5 N–H and O–H groups in total. The number of hydrogen-bond donors (Lipinski definition) is 5. The molecule has 5 aromatic rings. The summed E-state index contributed by atoms with van der Waals surface area (Å²) in [7, 11) is 1.12. The third kappa shape index (κ3) is 11.3. The molecule has 59 heavy (non-hydrogen) atoms. The van der Waals surface area contributed by atoms with E-state index in [9.17, 15) is 32.3 Å². The number of aromatic nitrogens is 5. The van der Waals surface area contributed by atoms with E-state index in [0.29, 0.717) is 34.9 Å². The van der Waals surface area contributed by atoms with E-state index >= 15 is 0 Å². The largest absolute Gasteiger partial charge is 0.467 e. The van der Waals surface area contributed by atoms with Crippen LogP contribution < -0.4 is 31.3 Å². The van der Waals surface area contributed by atoms with E-state index in [2.05, 4.69) is 46.5 Å². The van der Waals surface area contributed by atoms with E-state index in [4.69, 9.17) is 44.3 Å². The zero-order chi connectivity index (χ0) is 42.3. The molecule has 1 aliphatic carbocycles. The van der Waals surface area contributed by atoms with Gasteiger partial charge in [-0.3, -0.25) is 19.0 Å². The first kappa shape index (κ1) is 42.4. The van der Waals surface area contributed by atoms with Crippen LogP contribution in [0.5, 0.6) is 6.01 Å². The van der Waals surface area contributed by atoms with E-state index in [1.54, 1.807) is 24.3 Å². The van der Waals surface area contributed by atoms with Crippen LogP contribution in [0.15, 0.2) is 79.1 Å². The van der Waals surface area contributed by atoms with Crippen LogP contribution >= 0.6 is 34.8 Å². The lowest BCUT2D eigenvalue weighted by Crippen LogP contribution is -2.44. The quantitative estimate of drug-likeness (QED) is 0.0588. The monoisotopic (exact) mass is 874 g/mol. The summed E-state index contributed by atoms with van der Waals surface area (Å²) in [6.45, 7) is -1.82. The average molecular weight is 876 g/mol. The molecule has 1 atom stereocenters. The van der Waals surface area contributed by atoms with Crippen LogP contribution in [0.1, 0.15) is 35.2 Å². The van der Waals surface area contributed by atoms with Crippen molar-refractivity contribution in [2.75, 3.05) is 36.2 Å². The van der Waals surface area contributed by atoms with Gasteiger partial charge in [0.25, 0.3) is 5.91 Å². The number of rotatable bonds is 15. The highest BCUT2D eigenvalue weighted by Gasteiger charge is 2.45. The van der Waals surface area contributed by atoms with Crippen LogP contribution in [0.3, 0.4) is 0 Å². The average Bonchev–Trinajstić information content (AvgIpc) is 3.91. The molecule has 1 saturated carbocycles. The van der Waals surface area contributed by atoms with Crippen molar-refractivity contribution in [3.05, 3.63) is 106 Å². The molecule has 6 rings (SSSR count). The number of esters is 1. The number of hydrogen-bond acceptors (Lipinski definition) is 12. The van der Waals surface area contributed by atoms with Crippen LogP contribution in [0, 0.1) is 0 Å². The third-order valence-corrected chi connectivity index (χ3v) is 9.65. The molecule has 1 aliphatic rings. The summed E-state index contributed by atoms with van der Waals surface area (Å²) in [5.74, 6) is -3.64.